The molecule has 0 aliphatic rings. The van der Waals surface area contributed by atoms with Gasteiger partial charge in [-0.15, -0.1) is 0 Å². The Morgan fingerprint density at radius 3 is 2.47 bits per heavy atom. The third-order valence-corrected chi connectivity index (χ3v) is 2.23. The number of halogens is 4. The number of rotatable bonds is 1. The highest BCUT2D eigenvalue weighted by Gasteiger charge is 2.35. The molecule has 7 heteroatoms. The fourth-order valence-electron chi connectivity index (χ4n) is 1.18. The number of nitriles is 1. The number of hydrogen-bond donors (Lipinski definition) is 0. The van der Waals surface area contributed by atoms with Crippen molar-refractivity contribution in [3.8, 4) is 6.07 Å². The van der Waals surface area contributed by atoms with Gasteiger partial charge in [-0.05, 0) is 12.1 Å². The number of alkyl halides is 3. The van der Waals surface area contributed by atoms with Gasteiger partial charge in [-0.25, -0.2) is 4.79 Å². The average Bonchev–Trinajstić information content (AvgIpc) is 2.25. The molecule has 0 saturated heterocycles. The second kappa shape index (κ2) is 4.63. The minimum atomic E-state index is -4.77. The van der Waals surface area contributed by atoms with E-state index in [1.54, 1.807) is 0 Å². The minimum absolute atomic E-state index is 0.358. The SMILES string of the molecule is COC(=O)c1cc(Cl)c(C#N)c(C(F)(F)F)c1. The highest BCUT2D eigenvalue weighted by molar-refractivity contribution is 6.32. The lowest BCUT2D eigenvalue weighted by Gasteiger charge is -2.11. The number of methoxy groups -OCH3 is 1. The summed E-state index contributed by atoms with van der Waals surface area (Å²) in [6.07, 6.45) is -4.77. The third kappa shape index (κ3) is 2.68. The summed E-state index contributed by atoms with van der Waals surface area (Å²) in [6, 6.07) is 2.85. The third-order valence-electron chi connectivity index (χ3n) is 1.93. The molecule has 1 rings (SSSR count). The summed E-state index contributed by atoms with van der Waals surface area (Å²) >= 11 is 5.51. The van der Waals surface area contributed by atoms with Gasteiger partial charge in [0.15, 0.2) is 0 Å². The van der Waals surface area contributed by atoms with E-state index in [9.17, 15) is 18.0 Å². The van der Waals surface area contributed by atoms with E-state index in [1.165, 1.54) is 6.07 Å². The van der Waals surface area contributed by atoms with Crippen LogP contribution in [0.4, 0.5) is 13.2 Å². The van der Waals surface area contributed by atoms with Crippen molar-refractivity contribution in [2.75, 3.05) is 7.11 Å². The molecule has 0 amide bonds. The minimum Gasteiger partial charge on any atom is -0.465 e. The number of carbonyl (C=O) groups excluding carboxylic acids is 1. The van der Waals surface area contributed by atoms with Crippen molar-refractivity contribution in [1.82, 2.24) is 0 Å². The number of esters is 1. The predicted molar refractivity (Wildman–Crippen MR) is 52.5 cm³/mol. The Kier molecular flexibility index (Phi) is 3.63. The van der Waals surface area contributed by atoms with Gasteiger partial charge in [0.2, 0.25) is 0 Å². The topological polar surface area (TPSA) is 50.1 Å². The first-order chi connectivity index (χ1) is 7.81. The number of benzene rings is 1. The van der Waals surface area contributed by atoms with E-state index < -0.39 is 28.3 Å². The molecule has 0 aliphatic carbocycles. The molecule has 0 aromatic heterocycles. The van der Waals surface area contributed by atoms with Crippen molar-refractivity contribution in [2.24, 2.45) is 0 Å². The van der Waals surface area contributed by atoms with Crippen LogP contribution in [0, 0.1) is 11.3 Å². The largest absolute Gasteiger partial charge is 0.465 e. The van der Waals surface area contributed by atoms with E-state index in [1.807, 2.05) is 0 Å². The molecule has 1 aromatic carbocycles. The Morgan fingerprint density at radius 1 is 1.47 bits per heavy atom. The summed E-state index contributed by atoms with van der Waals surface area (Å²) in [5.41, 5.74) is -2.33. The molecule has 0 spiro atoms. The van der Waals surface area contributed by atoms with Crippen LogP contribution in [0.2, 0.25) is 5.02 Å². The molecular formula is C10H5ClF3NO2. The first-order valence-electron chi connectivity index (χ1n) is 4.20. The van der Waals surface area contributed by atoms with Crippen molar-refractivity contribution in [3.63, 3.8) is 0 Å². The zero-order valence-corrected chi connectivity index (χ0v) is 9.19. The quantitative estimate of drug-likeness (QED) is 0.732. The first-order valence-corrected chi connectivity index (χ1v) is 4.58. The van der Waals surface area contributed by atoms with Gasteiger partial charge in [0.1, 0.15) is 6.07 Å². The van der Waals surface area contributed by atoms with E-state index in [4.69, 9.17) is 16.9 Å². The second-order valence-electron chi connectivity index (χ2n) is 2.98. The van der Waals surface area contributed by atoms with E-state index in [0.717, 1.165) is 13.2 Å². The predicted octanol–water partition coefficient (Wildman–Crippen LogP) is 3.02. The Balaban J connectivity index is 3.52. The van der Waals surface area contributed by atoms with E-state index in [2.05, 4.69) is 4.74 Å². The zero-order valence-electron chi connectivity index (χ0n) is 8.43. The van der Waals surface area contributed by atoms with Crippen LogP contribution in [0.15, 0.2) is 12.1 Å². The van der Waals surface area contributed by atoms with Gasteiger partial charge in [0, 0.05) is 0 Å². The molecule has 0 bridgehead atoms. The second-order valence-corrected chi connectivity index (χ2v) is 3.39. The molecule has 0 saturated carbocycles. The maximum absolute atomic E-state index is 12.6. The molecular weight excluding hydrogens is 259 g/mol. The maximum atomic E-state index is 12.6. The summed E-state index contributed by atoms with van der Waals surface area (Å²) in [4.78, 5) is 11.1. The fraction of sp³-hybridized carbons (Fsp3) is 0.200. The fourth-order valence-corrected chi connectivity index (χ4v) is 1.44. The van der Waals surface area contributed by atoms with Gasteiger partial charge in [-0.2, -0.15) is 18.4 Å². The van der Waals surface area contributed by atoms with Crippen molar-refractivity contribution < 1.29 is 22.7 Å². The maximum Gasteiger partial charge on any atom is 0.417 e. The van der Waals surface area contributed by atoms with Crippen molar-refractivity contribution in [3.05, 3.63) is 33.8 Å². The molecule has 0 aliphatic heterocycles. The van der Waals surface area contributed by atoms with Crippen molar-refractivity contribution in [1.29, 1.82) is 5.26 Å². The summed E-state index contributed by atoms with van der Waals surface area (Å²) < 4.78 is 42.1. The van der Waals surface area contributed by atoms with E-state index >= 15 is 0 Å². The highest BCUT2D eigenvalue weighted by atomic mass is 35.5. The van der Waals surface area contributed by atoms with Gasteiger partial charge in [0.05, 0.1) is 28.8 Å². The van der Waals surface area contributed by atoms with E-state index in [-0.39, 0.29) is 5.56 Å². The van der Waals surface area contributed by atoms with Gasteiger partial charge in [0.25, 0.3) is 0 Å². The van der Waals surface area contributed by atoms with Crippen molar-refractivity contribution >= 4 is 17.6 Å². The Labute approximate surface area is 99.4 Å². The lowest BCUT2D eigenvalue weighted by Crippen LogP contribution is -2.11. The summed E-state index contributed by atoms with van der Waals surface area (Å²) in [7, 11) is 1.03. The molecule has 0 N–H and O–H groups in total. The van der Waals surface area contributed by atoms with E-state index in [0.29, 0.717) is 6.07 Å². The van der Waals surface area contributed by atoms with Crippen LogP contribution >= 0.6 is 11.6 Å². The van der Waals surface area contributed by atoms with Gasteiger partial charge >= 0.3 is 12.1 Å². The lowest BCUT2D eigenvalue weighted by molar-refractivity contribution is -0.137. The molecule has 17 heavy (non-hydrogen) atoms. The normalized spacial score (nSPS) is 10.8. The Morgan fingerprint density at radius 2 is 2.06 bits per heavy atom. The van der Waals surface area contributed by atoms with Gasteiger partial charge < -0.3 is 4.74 Å². The van der Waals surface area contributed by atoms with Crippen LogP contribution < -0.4 is 0 Å². The monoisotopic (exact) mass is 263 g/mol. The van der Waals surface area contributed by atoms with Crippen LogP contribution in [0.1, 0.15) is 21.5 Å². The summed E-state index contributed by atoms with van der Waals surface area (Å²) in [5.74, 6) is -0.957. The Bertz CT molecular complexity index is 505. The molecule has 0 atom stereocenters. The summed E-state index contributed by atoms with van der Waals surface area (Å²) in [5, 5.41) is 8.16. The molecule has 0 unspecified atom stereocenters. The molecule has 1 aromatic rings. The molecule has 90 valence electrons. The van der Waals surface area contributed by atoms with Gasteiger partial charge in [-0.3, -0.25) is 0 Å². The lowest BCUT2D eigenvalue weighted by atomic mass is 10.0. The van der Waals surface area contributed by atoms with Crippen LogP contribution in [0.3, 0.4) is 0 Å². The average molecular weight is 264 g/mol. The molecule has 3 nitrogen and oxygen atoms in total. The van der Waals surface area contributed by atoms with Crippen LogP contribution in [0.5, 0.6) is 0 Å². The standard InChI is InChI=1S/C10H5ClF3NO2/c1-17-9(16)5-2-7(10(12,13)14)6(4-15)8(11)3-5/h2-3H,1H3. The highest BCUT2D eigenvalue weighted by Crippen LogP contribution is 2.35. The van der Waals surface area contributed by atoms with Crippen molar-refractivity contribution in [2.45, 2.75) is 6.18 Å². The first kappa shape index (κ1) is 13.3. The van der Waals surface area contributed by atoms with Gasteiger partial charge in [-0.1, -0.05) is 11.6 Å². The zero-order chi connectivity index (χ0) is 13.2. The van der Waals surface area contributed by atoms with Crippen LogP contribution in [-0.2, 0) is 10.9 Å². The number of hydrogen-bond acceptors (Lipinski definition) is 3. The molecule has 0 fully saturated rings. The molecule has 0 radical (unpaired) electrons. The number of carbonyl (C=O) groups is 1. The summed E-state index contributed by atoms with van der Waals surface area (Å²) in [6.45, 7) is 0. The van der Waals surface area contributed by atoms with Crippen LogP contribution in [-0.4, -0.2) is 13.1 Å². The smallest absolute Gasteiger partial charge is 0.417 e. The molecule has 0 heterocycles. The Hall–Kier alpha value is -1.74. The number of ether oxygens (including phenoxy) is 1. The number of nitrogens with zero attached hydrogens (tertiary/aromatic N) is 1. The van der Waals surface area contributed by atoms with Crippen LogP contribution in [0.25, 0.3) is 0 Å².